The normalized spacial score (nSPS) is 18.9. The van der Waals surface area contributed by atoms with Crippen LogP contribution in [-0.4, -0.2) is 47.7 Å². The van der Waals surface area contributed by atoms with Crippen LogP contribution >= 0.6 is 0 Å². The predicted molar refractivity (Wildman–Crippen MR) is 145 cm³/mol. The van der Waals surface area contributed by atoms with Crippen molar-refractivity contribution < 1.29 is 15.0 Å². The zero-order valence-electron chi connectivity index (χ0n) is 22.1. The Kier molecular flexibility index (Phi) is 7.34. The third kappa shape index (κ3) is 5.22. The number of nitrogens with one attached hydrogen (secondary N) is 3. The number of fused-ring (bicyclic) bond motifs is 1. The van der Waals surface area contributed by atoms with Crippen LogP contribution in [0.5, 0.6) is 0 Å². The lowest BCUT2D eigenvalue weighted by Gasteiger charge is -2.32. The highest BCUT2D eigenvalue weighted by Gasteiger charge is 2.35. The van der Waals surface area contributed by atoms with Crippen molar-refractivity contribution in [1.29, 1.82) is 5.41 Å². The second kappa shape index (κ2) is 10.7. The van der Waals surface area contributed by atoms with E-state index < -0.39 is 17.5 Å². The molecule has 202 valence electrons. The molecule has 0 aliphatic heterocycles. The Morgan fingerprint density at radius 2 is 1.82 bits per heavy atom. The number of amidine groups is 1. The summed E-state index contributed by atoms with van der Waals surface area (Å²) in [4.78, 5) is 25.2. The fourth-order valence-corrected chi connectivity index (χ4v) is 5.75. The molecule has 1 unspecified atom stereocenters. The van der Waals surface area contributed by atoms with E-state index in [4.69, 9.17) is 10.4 Å². The molecular weight excluding hydrogens is 482 g/mol. The van der Waals surface area contributed by atoms with Crippen LogP contribution in [0.2, 0.25) is 0 Å². The van der Waals surface area contributed by atoms with Crippen LogP contribution in [0.15, 0.2) is 30.3 Å². The van der Waals surface area contributed by atoms with E-state index in [9.17, 15) is 15.0 Å². The molecule has 2 heterocycles. The third-order valence-electron chi connectivity index (χ3n) is 8.22. The summed E-state index contributed by atoms with van der Waals surface area (Å²) >= 11 is 0. The maximum Gasteiger partial charge on any atom is 0.410 e. The van der Waals surface area contributed by atoms with Gasteiger partial charge in [0.2, 0.25) is 0 Å². The molecule has 0 radical (unpaired) electrons. The standard InChI is InChI=1S/C28H37N7O3/c1-17(19-12-9-13-19)30-23-21-24(33-25(32-23)22(29)31-27(36)37)34-26(28(2,38)20-14-7-4-8-15-20)35(21)16-18-10-5-3-6-11-18/h4,7-8,14-15,17-19,38H,3,5-6,9-13,16H2,1-2H3,(H2,29,31)(H,36,37)(H,30,32,33)/t17-,28?/m1/s1. The molecule has 0 saturated heterocycles. The molecule has 3 aromatic rings. The smallest absolute Gasteiger partial charge is 0.410 e. The molecular formula is C28H37N7O3. The van der Waals surface area contributed by atoms with E-state index in [2.05, 4.69) is 32.1 Å². The van der Waals surface area contributed by atoms with Crippen molar-refractivity contribution in [3.05, 3.63) is 47.5 Å². The van der Waals surface area contributed by atoms with Crippen molar-refractivity contribution in [2.24, 2.45) is 11.8 Å². The van der Waals surface area contributed by atoms with Crippen molar-refractivity contribution in [3.63, 3.8) is 0 Å². The van der Waals surface area contributed by atoms with Crippen LogP contribution in [0.1, 0.15) is 82.4 Å². The molecule has 10 nitrogen and oxygen atoms in total. The van der Waals surface area contributed by atoms with Gasteiger partial charge in [0.25, 0.3) is 0 Å². The average molecular weight is 520 g/mol. The maximum absolute atomic E-state index is 11.9. The third-order valence-corrected chi connectivity index (χ3v) is 8.22. The van der Waals surface area contributed by atoms with Crippen LogP contribution in [0.3, 0.4) is 0 Å². The number of imidazole rings is 1. The summed E-state index contributed by atoms with van der Waals surface area (Å²) in [6, 6.07) is 9.58. The van der Waals surface area contributed by atoms with Crippen LogP contribution in [0.25, 0.3) is 11.2 Å². The molecule has 38 heavy (non-hydrogen) atoms. The molecule has 2 fully saturated rings. The first-order valence-electron chi connectivity index (χ1n) is 13.7. The molecule has 2 saturated carbocycles. The number of benzene rings is 1. The Balaban J connectivity index is 1.68. The van der Waals surface area contributed by atoms with Crippen LogP contribution in [0.4, 0.5) is 10.6 Å². The molecule has 0 spiro atoms. The summed E-state index contributed by atoms with van der Waals surface area (Å²) in [5.41, 5.74) is 0.323. The molecule has 1 amide bonds. The van der Waals surface area contributed by atoms with Gasteiger partial charge in [-0.2, -0.15) is 0 Å². The molecule has 2 atom stereocenters. The number of hydrogen-bond donors (Lipinski definition) is 5. The van der Waals surface area contributed by atoms with E-state index in [-0.39, 0.29) is 11.9 Å². The fourth-order valence-electron chi connectivity index (χ4n) is 5.75. The molecule has 5 rings (SSSR count). The molecule has 2 aromatic heterocycles. The molecule has 10 heteroatoms. The Labute approximate surface area is 222 Å². The number of aromatic nitrogens is 4. The van der Waals surface area contributed by atoms with Gasteiger partial charge in [-0.3, -0.25) is 10.7 Å². The van der Waals surface area contributed by atoms with Gasteiger partial charge in [0.05, 0.1) is 0 Å². The number of nitrogens with zero attached hydrogens (tertiary/aromatic N) is 4. The van der Waals surface area contributed by atoms with Gasteiger partial charge in [-0.15, -0.1) is 0 Å². The van der Waals surface area contributed by atoms with E-state index in [0.717, 1.165) is 25.7 Å². The summed E-state index contributed by atoms with van der Waals surface area (Å²) in [6.45, 7) is 4.54. The zero-order chi connectivity index (χ0) is 26.9. The summed E-state index contributed by atoms with van der Waals surface area (Å²) in [5, 5.41) is 34.9. The quantitative estimate of drug-likeness (QED) is 0.211. The molecule has 1 aromatic carbocycles. The van der Waals surface area contributed by atoms with Gasteiger partial charge in [0.1, 0.15) is 16.9 Å². The highest BCUT2D eigenvalue weighted by Crippen LogP contribution is 2.37. The first-order chi connectivity index (χ1) is 18.2. The summed E-state index contributed by atoms with van der Waals surface area (Å²) in [6.07, 6.45) is 7.97. The Morgan fingerprint density at radius 1 is 1.11 bits per heavy atom. The Bertz CT molecular complexity index is 1310. The molecule has 0 bridgehead atoms. The Hall–Kier alpha value is -3.53. The number of rotatable bonds is 8. The van der Waals surface area contributed by atoms with Gasteiger partial charge in [0, 0.05) is 12.6 Å². The second-order valence-electron chi connectivity index (χ2n) is 11.0. The van der Waals surface area contributed by atoms with Crippen LogP contribution in [-0.2, 0) is 12.1 Å². The van der Waals surface area contributed by atoms with E-state index in [1.165, 1.54) is 25.7 Å². The van der Waals surface area contributed by atoms with E-state index in [1.54, 1.807) is 6.92 Å². The lowest BCUT2D eigenvalue weighted by atomic mass is 9.80. The maximum atomic E-state index is 11.9. The largest absolute Gasteiger partial charge is 0.465 e. The minimum atomic E-state index is -1.40. The Morgan fingerprint density at radius 3 is 2.45 bits per heavy atom. The number of amides is 1. The van der Waals surface area contributed by atoms with Crippen molar-refractivity contribution in [2.45, 2.75) is 83.4 Å². The lowest BCUT2D eigenvalue weighted by molar-refractivity contribution is 0.0869. The van der Waals surface area contributed by atoms with Crippen molar-refractivity contribution in [1.82, 2.24) is 24.8 Å². The lowest BCUT2D eigenvalue weighted by Crippen LogP contribution is -2.33. The predicted octanol–water partition coefficient (Wildman–Crippen LogP) is 4.86. The number of carbonyl (C=O) groups is 1. The topological polar surface area (TPSA) is 149 Å². The van der Waals surface area contributed by atoms with Gasteiger partial charge < -0.3 is 20.1 Å². The van der Waals surface area contributed by atoms with E-state index >= 15 is 0 Å². The second-order valence-corrected chi connectivity index (χ2v) is 11.0. The van der Waals surface area contributed by atoms with Gasteiger partial charge in [-0.1, -0.05) is 56.0 Å². The van der Waals surface area contributed by atoms with Crippen molar-refractivity contribution in [2.75, 3.05) is 5.32 Å². The minimum Gasteiger partial charge on any atom is -0.465 e. The monoisotopic (exact) mass is 519 g/mol. The van der Waals surface area contributed by atoms with Gasteiger partial charge in [-0.05, 0) is 56.9 Å². The minimum absolute atomic E-state index is 0.0589. The number of anilines is 1. The van der Waals surface area contributed by atoms with Gasteiger partial charge >= 0.3 is 6.09 Å². The number of aliphatic hydroxyl groups is 1. The van der Waals surface area contributed by atoms with Crippen LogP contribution in [0, 0.1) is 17.2 Å². The van der Waals surface area contributed by atoms with Crippen molar-refractivity contribution in [3.8, 4) is 0 Å². The SMILES string of the molecule is C[C@@H](Nc1nc(C(=N)NC(=O)O)nc2nc(C(C)(O)c3ccccc3)n(CC3CCCCC3)c12)C1CCC1. The molecule has 2 aliphatic rings. The number of hydrogen-bond acceptors (Lipinski definition) is 7. The average Bonchev–Trinajstić information content (AvgIpc) is 3.23. The highest BCUT2D eigenvalue weighted by atomic mass is 16.4. The summed E-state index contributed by atoms with van der Waals surface area (Å²) in [7, 11) is 0. The van der Waals surface area contributed by atoms with Crippen molar-refractivity contribution >= 4 is 28.9 Å². The molecule has 5 N–H and O–H groups in total. The highest BCUT2D eigenvalue weighted by molar-refractivity contribution is 6.03. The summed E-state index contributed by atoms with van der Waals surface area (Å²) < 4.78 is 2.06. The fraction of sp³-hybridized carbons (Fsp3) is 0.536. The van der Waals surface area contributed by atoms with E-state index in [1.807, 2.05) is 30.3 Å². The van der Waals surface area contributed by atoms with Gasteiger partial charge in [0.15, 0.2) is 23.1 Å². The molecule has 2 aliphatic carbocycles. The van der Waals surface area contributed by atoms with Gasteiger partial charge in [-0.25, -0.2) is 19.7 Å². The van der Waals surface area contributed by atoms with Crippen LogP contribution < -0.4 is 10.6 Å². The first-order valence-corrected chi connectivity index (χ1v) is 13.7. The number of carboxylic acid groups (broad SMARTS) is 1. The van der Waals surface area contributed by atoms with E-state index in [0.29, 0.717) is 46.8 Å². The zero-order valence-corrected chi connectivity index (χ0v) is 22.1. The first kappa shape index (κ1) is 26.1. The summed E-state index contributed by atoms with van der Waals surface area (Å²) in [5.74, 6) is 1.46.